The highest BCUT2D eigenvalue weighted by molar-refractivity contribution is 9.10. The summed E-state index contributed by atoms with van der Waals surface area (Å²) < 4.78 is 6.09. The first-order valence-corrected chi connectivity index (χ1v) is 4.70. The third-order valence-corrected chi connectivity index (χ3v) is 2.49. The zero-order valence-corrected chi connectivity index (χ0v) is 8.97. The third kappa shape index (κ3) is 1.42. The zero-order valence-electron chi connectivity index (χ0n) is 7.39. The normalized spacial score (nSPS) is 10.7. The van der Waals surface area contributed by atoms with E-state index in [1.807, 2.05) is 19.1 Å². The molecular weight excluding hydrogens is 232 g/mol. The maximum atomic E-state index is 5.17. The second-order valence-electron chi connectivity index (χ2n) is 2.83. The number of methoxy groups -OCH3 is 1. The molecule has 13 heavy (non-hydrogen) atoms. The van der Waals surface area contributed by atoms with Crippen molar-refractivity contribution in [3.05, 3.63) is 22.4 Å². The molecule has 0 saturated carbocycles. The number of nitrogens with zero attached hydrogens (tertiary/aromatic N) is 1. The smallest absolute Gasteiger partial charge is 0.135 e. The number of ether oxygens (including phenoxy) is 1. The second kappa shape index (κ2) is 3.03. The fourth-order valence-electron chi connectivity index (χ4n) is 1.30. The maximum Gasteiger partial charge on any atom is 0.135 e. The number of H-pyrrole nitrogens is 1. The van der Waals surface area contributed by atoms with Gasteiger partial charge in [0.2, 0.25) is 0 Å². The van der Waals surface area contributed by atoms with E-state index < -0.39 is 0 Å². The van der Waals surface area contributed by atoms with Gasteiger partial charge in [-0.05, 0) is 28.9 Å². The minimum atomic E-state index is 0.816. The van der Waals surface area contributed by atoms with Crippen molar-refractivity contribution in [2.75, 3.05) is 7.11 Å². The highest BCUT2D eigenvalue weighted by Crippen LogP contribution is 2.28. The van der Waals surface area contributed by atoms with E-state index in [1.54, 1.807) is 7.11 Å². The highest BCUT2D eigenvalue weighted by atomic mass is 79.9. The lowest BCUT2D eigenvalue weighted by Gasteiger charge is -2.01. The molecule has 0 unspecified atom stereocenters. The van der Waals surface area contributed by atoms with Crippen LogP contribution >= 0.6 is 15.9 Å². The Kier molecular flexibility index (Phi) is 2.00. The van der Waals surface area contributed by atoms with Gasteiger partial charge in [0.1, 0.15) is 11.6 Å². The number of imidazole rings is 1. The molecule has 1 aromatic heterocycles. The predicted molar refractivity (Wildman–Crippen MR) is 55.1 cm³/mol. The molecule has 1 N–H and O–H groups in total. The minimum Gasteiger partial charge on any atom is -0.495 e. The van der Waals surface area contributed by atoms with Crippen molar-refractivity contribution >= 4 is 27.0 Å². The standard InChI is InChI=1S/C9H9BrN2O/c1-5-11-7-3-6(10)9(13-2)4-8(7)12-5/h3-4H,1-2H3,(H,11,12). The van der Waals surface area contributed by atoms with Gasteiger partial charge in [-0.25, -0.2) is 4.98 Å². The summed E-state index contributed by atoms with van der Waals surface area (Å²) in [6.45, 7) is 1.93. The first-order valence-electron chi connectivity index (χ1n) is 3.90. The van der Waals surface area contributed by atoms with Crippen LogP contribution in [0.2, 0.25) is 0 Å². The number of hydrogen-bond donors (Lipinski definition) is 1. The van der Waals surface area contributed by atoms with Crippen LogP contribution < -0.4 is 4.74 Å². The summed E-state index contributed by atoms with van der Waals surface area (Å²) in [5.41, 5.74) is 1.95. The van der Waals surface area contributed by atoms with Gasteiger partial charge in [0, 0.05) is 6.07 Å². The summed E-state index contributed by atoms with van der Waals surface area (Å²) in [6.07, 6.45) is 0. The Hall–Kier alpha value is -1.03. The van der Waals surface area contributed by atoms with E-state index >= 15 is 0 Å². The lowest BCUT2D eigenvalue weighted by Crippen LogP contribution is -1.83. The topological polar surface area (TPSA) is 37.9 Å². The first-order chi connectivity index (χ1) is 6.20. The number of aryl methyl sites for hydroxylation is 1. The van der Waals surface area contributed by atoms with E-state index in [1.165, 1.54) is 0 Å². The van der Waals surface area contributed by atoms with E-state index in [0.29, 0.717) is 0 Å². The van der Waals surface area contributed by atoms with Gasteiger partial charge in [0.05, 0.1) is 22.6 Å². The largest absolute Gasteiger partial charge is 0.495 e. The van der Waals surface area contributed by atoms with Crippen molar-refractivity contribution in [2.45, 2.75) is 6.92 Å². The summed E-state index contributed by atoms with van der Waals surface area (Å²) in [4.78, 5) is 7.46. The predicted octanol–water partition coefficient (Wildman–Crippen LogP) is 2.64. The molecule has 1 aromatic carbocycles. The Labute approximate surface area is 84.3 Å². The van der Waals surface area contributed by atoms with Gasteiger partial charge in [-0.15, -0.1) is 0 Å². The van der Waals surface area contributed by atoms with Gasteiger partial charge < -0.3 is 9.72 Å². The van der Waals surface area contributed by atoms with Crippen LogP contribution in [-0.2, 0) is 0 Å². The van der Waals surface area contributed by atoms with Crippen LogP contribution in [0.15, 0.2) is 16.6 Å². The van der Waals surface area contributed by atoms with Crippen molar-refractivity contribution < 1.29 is 4.74 Å². The van der Waals surface area contributed by atoms with Crippen LogP contribution in [0.1, 0.15) is 5.82 Å². The molecule has 3 nitrogen and oxygen atoms in total. The lowest BCUT2D eigenvalue weighted by atomic mass is 10.3. The number of halogens is 1. The molecule has 0 aliphatic heterocycles. The molecule has 0 amide bonds. The summed E-state index contributed by atoms with van der Waals surface area (Å²) >= 11 is 3.41. The van der Waals surface area contributed by atoms with Crippen LogP contribution in [0.5, 0.6) is 5.75 Å². The number of rotatable bonds is 1. The molecule has 0 spiro atoms. The number of fused-ring (bicyclic) bond motifs is 1. The Bertz CT molecular complexity index is 450. The number of benzene rings is 1. The Morgan fingerprint density at radius 2 is 2.23 bits per heavy atom. The van der Waals surface area contributed by atoms with Gasteiger partial charge in [-0.2, -0.15) is 0 Å². The highest BCUT2D eigenvalue weighted by Gasteiger charge is 2.05. The lowest BCUT2D eigenvalue weighted by molar-refractivity contribution is 0.412. The summed E-state index contributed by atoms with van der Waals surface area (Å²) in [6, 6.07) is 3.87. The number of aromatic amines is 1. The number of nitrogens with one attached hydrogen (secondary N) is 1. The van der Waals surface area contributed by atoms with Gasteiger partial charge >= 0.3 is 0 Å². The molecule has 1 heterocycles. The minimum absolute atomic E-state index is 0.816. The van der Waals surface area contributed by atoms with Crippen LogP contribution in [0.4, 0.5) is 0 Å². The molecule has 0 fully saturated rings. The van der Waals surface area contributed by atoms with E-state index in [2.05, 4.69) is 25.9 Å². The van der Waals surface area contributed by atoms with Gasteiger partial charge in [0.25, 0.3) is 0 Å². The number of hydrogen-bond acceptors (Lipinski definition) is 2. The van der Waals surface area contributed by atoms with E-state index in [0.717, 1.165) is 27.1 Å². The van der Waals surface area contributed by atoms with Gasteiger partial charge in [-0.1, -0.05) is 0 Å². The van der Waals surface area contributed by atoms with E-state index in [9.17, 15) is 0 Å². The summed E-state index contributed by atoms with van der Waals surface area (Å²) in [5, 5.41) is 0. The van der Waals surface area contributed by atoms with Crippen LogP contribution in [-0.4, -0.2) is 17.1 Å². The number of aromatic nitrogens is 2. The fraction of sp³-hybridized carbons (Fsp3) is 0.222. The van der Waals surface area contributed by atoms with E-state index in [4.69, 9.17) is 4.74 Å². The zero-order chi connectivity index (χ0) is 9.42. The van der Waals surface area contributed by atoms with Crippen molar-refractivity contribution in [1.82, 2.24) is 9.97 Å². The molecule has 0 aliphatic rings. The molecule has 0 aliphatic carbocycles. The van der Waals surface area contributed by atoms with Crippen LogP contribution in [0.25, 0.3) is 11.0 Å². The Balaban J connectivity index is 2.72. The summed E-state index contributed by atoms with van der Waals surface area (Å²) in [7, 11) is 1.65. The molecular formula is C9H9BrN2O. The molecule has 2 rings (SSSR count). The molecule has 0 radical (unpaired) electrons. The van der Waals surface area contributed by atoms with Crippen LogP contribution in [0.3, 0.4) is 0 Å². The average Bonchev–Trinajstić information content (AvgIpc) is 2.42. The third-order valence-electron chi connectivity index (χ3n) is 1.87. The van der Waals surface area contributed by atoms with Crippen molar-refractivity contribution in [1.29, 1.82) is 0 Å². The van der Waals surface area contributed by atoms with E-state index in [-0.39, 0.29) is 0 Å². The van der Waals surface area contributed by atoms with Crippen molar-refractivity contribution in [3.63, 3.8) is 0 Å². The fourth-order valence-corrected chi connectivity index (χ4v) is 1.79. The molecule has 0 atom stereocenters. The van der Waals surface area contributed by atoms with Crippen molar-refractivity contribution in [2.24, 2.45) is 0 Å². The average molecular weight is 241 g/mol. The molecule has 68 valence electrons. The first kappa shape index (κ1) is 8.56. The maximum absolute atomic E-state index is 5.17. The van der Waals surface area contributed by atoms with Crippen LogP contribution in [0, 0.1) is 6.92 Å². The molecule has 2 aromatic rings. The second-order valence-corrected chi connectivity index (χ2v) is 3.68. The monoisotopic (exact) mass is 240 g/mol. The Morgan fingerprint density at radius 3 is 2.92 bits per heavy atom. The quantitative estimate of drug-likeness (QED) is 0.833. The Morgan fingerprint density at radius 1 is 1.46 bits per heavy atom. The van der Waals surface area contributed by atoms with Crippen molar-refractivity contribution in [3.8, 4) is 5.75 Å². The SMILES string of the molecule is COc1cc2[nH]c(C)nc2cc1Br. The van der Waals surface area contributed by atoms with Gasteiger partial charge in [0.15, 0.2) is 0 Å². The van der Waals surface area contributed by atoms with Gasteiger partial charge in [-0.3, -0.25) is 0 Å². The molecule has 0 saturated heterocycles. The summed E-state index contributed by atoms with van der Waals surface area (Å²) in [5.74, 6) is 1.73. The molecule has 4 heteroatoms. The molecule has 0 bridgehead atoms.